The standard InChI is InChI=1S/C29H42OSi.C13H26O/c1-23(2)24(3)20-21-25-14-13-15-26(22-25)30-31(29(4,5)6,27-16-9-7-10-17-27)28-18-11-8-12-19-28;1-10(2)11(3)7-8-12-5-4-6-13(14)9-12/h7-12,16-20,23,25-26H,13-15,21-22H2,1-6H3;10-14H,4-9H2,1-3H3. The number of aliphatic hydroxyl groups excluding tert-OH is 1. The monoisotopic (exact) mass is 632 g/mol. The Kier molecular flexibility index (Phi) is 15.1. The fourth-order valence-electron chi connectivity index (χ4n) is 7.45. The molecule has 5 atom stereocenters. The minimum Gasteiger partial charge on any atom is -0.404 e. The van der Waals surface area contributed by atoms with Gasteiger partial charge in [-0.2, -0.15) is 0 Å². The third kappa shape index (κ3) is 11.2. The van der Waals surface area contributed by atoms with Crippen LogP contribution in [-0.4, -0.2) is 25.6 Å². The van der Waals surface area contributed by atoms with E-state index in [9.17, 15) is 5.11 Å². The Labute approximate surface area is 279 Å². The molecule has 2 aromatic carbocycles. The molecule has 1 N–H and O–H groups in total. The summed E-state index contributed by atoms with van der Waals surface area (Å²) in [5.74, 6) is 3.84. The number of allylic oxidation sites excluding steroid dienone is 2. The molecule has 0 spiro atoms. The van der Waals surface area contributed by atoms with E-state index in [4.69, 9.17) is 4.43 Å². The van der Waals surface area contributed by atoms with E-state index in [1.54, 1.807) is 0 Å². The average molecular weight is 633 g/mol. The molecule has 2 nitrogen and oxygen atoms in total. The summed E-state index contributed by atoms with van der Waals surface area (Å²) in [7, 11) is -2.44. The molecular weight excluding hydrogens is 565 g/mol. The maximum atomic E-state index is 9.55. The highest BCUT2D eigenvalue weighted by Crippen LogP contribution is 2.40. The van der Waals surface area contributed by atoms with Crippen molar-refractivity contribution in [2.24, 2.45) is 29.6 Å². The van der Waals surface area contributed by atoms with E-state index >= 15 is 0 Å². The molecule has 2 aromatic rings. The molecule has 45 heavy (non-hydrogen) atoms. The summed E-state index contributed by atoms with van der Waals surface area (Å²) in [6.07, 6.45) is 16.4. The van der Waals surface area contributed by atoms with Gasteiger partial charge in [0.1, 0.15) is 0 Å². The topological polar surface area (TPSA) is 29.5 Å². The van der Waals surface area contributed by atoms with Gasteiger partial charge < -0.3 is 9.53 Å². The van der Waals surface area contributed by atoms with E-state index in [-0.39, 0.29) is 11.1 Å². The van der Waals surface area contributed by atoms with Crippen molar-refractivity contribution in [2.45, 2.75) is 150 Å². The van der Waals surface area contributed by atoms with Crippen molar-refractivity contribution in [3.05, 3.63) is 72.3 Å². The second kappa shape index (κ2) is 18.0. The van der Waals surface area contributed by atoms with E-state index in [0.717, 1.165) is 36.5 Å². The first-order valence-corrected chi connectivity index (χ1v) is 20.4. The Morgan fingerprint density at radius 1 is 0.822 bits per heavy atom. The third-order valence-corrected chi connectivity index (χ3v) is 16.2. The first-order valence-electron chi connectivity index (χ1n) is 18.5. The third-order valence-electron chi connectivity index (χ3n) is 11.1. The van der Waals surface area contributed by atoms with Gasteiger partial charge in [-0.25, -0.2) is 0 Å². The minimum atomic E-state index is -2.44. The van der Waals surface area contributed by atoms with Crippen LogP contribution in [0.25, 0.3) is 0 Å². The molecule has 0 amide bonds. The van der Waals surface area contributed by atoms with Gasteiger partial charge in [-0.15, -0.1) is 0 Å². The maximum Gasteiger partial charge on any atom is 0.261 e. The van der Waals surface area contributed by atoms with Crippen molar-refractivity contribution < 1.29 is 9.53 Å². The zero-order valence-corrected chi connectivity index (χ0v) is 31.5. The predicted octanol–water partition coefficient (Wildman–Crippen LogP) is 10.7. The number of benzene rings is 2. The molecule has 0 aromatic heterocycles. The van der Waals surface area contributed by atoms with Crippen LogP contribution >= 0.6 is 0 Å². The van der Waals surface area contributed by atoms with E-state index in [2.05, 4.69) is 129 Å². The molecule has 2 saturated carbocycles. The zero-order valence-electron chi connectivity index (χ0n) is 30.5. The maximum absolute atomic E-state index is 9.55. The molecule has 2 aliphatic rings. The SMILES string of the molecule is CC(=CCC1CCCC(O[Si](c2ccccc2)(c2ccccc2)C(C)(C)C)C1)C(C)C.CC(C)C(C)CCC1CCCC(O)C1. The van der Waals surface area contributed by atoms with Crippen LogP contribution in [0.2, 0.25) is 5.04 Å². The quantitative estimate of drug-likeness (QED) is 0.197. The lowest BCUT2D eigenvalue weighted by Gasteiger charge is -2.46. The molecule has 0 saturated heterocycles. The highest BCUT2D eigenvalue weighted by atomic mass is 28.4. The predicted molar refractivity (Wildman–Crippen MR) is 199 cm³/mol. The molecule has 4 rings (SSSR count). The summed E-state index contributed by atoms with van der Waals surface area (Å²) in [5, 5.41) is 12.4. The second-order valence-electron chi connectivity index (χ2n) is 16.3. The van der Waals surface area contributed by atoms with Crippen molar-refractivity contribution in [2.75, 3.05) is 0 Å². The summed E-state index contributed by atoms with van der Waals surface area (Å²) in [6.45, 7) is 21.0. The van der Waals surface area contributed by atoms with E-state index < -0.39 is 8.32 Å². The van der Waals surface area contributed by atoms with E-state index in [1.165, 1.54) is 73.7 Å². The number of aliphatic hydroxyl groups is 1. The Morgan fingerprint density at radius 3 is 1.89 bits per heavy atom. The van der Waals surface area contributed by atoms with Crippen LogP contribution in [-0.2, 0) is 4.43 Å². The number of rotatable bonds is 11. The molecule has 5 unspecified atom stereocenters. The van der Waals surface area contributed by atoms with Crippen molar-refractivity contribution >= 4 is 18.7 Å². The summed E-state index contributed by atoms with van der Waals surface area (Å²) >= 11 is 0. The zero-order chi connectivity index (χ0) is 33.0. The Balaban J connectivity index is 0.000000330. The highest BCUT2D eigenvalue weighted by Gasteiger charge is 2.51. The fourth-order valence-corrected chi connectivity index (χ4v) is 12.2. The van der Waals surface area contributed by atoms with Gasteiger partial charge in [0, 0.05) is 6.10 Å². The lowest BCUT2D eigenvalue weighted by Crippen LogP contribution is -2.67. The van der Waals surface area contributed by atoms with Crippen LogP contribution in [0.15, 0.2) is 72.3 Å². The average Bonchev–Trinajstić information content (AvgIpc) is 3.02. The van der Waals surface area contributed by atoms with Gasteiger partial charge in [0.25, 0.3) is 8.32 Å². The number of hydrogen-bond donors (Lipinski definition) is 1. The number of hydrogen-bond acceptors (Lipinski definition) is 2. The van der Waals surface area contributed by atoms with Gasteiger partial charge >= 0.3 is 0 Å². The molecule has 0 heterocycles. The molecule has 0 radical (unpaired) electrons. The van der Waals surface area contributed by atoms with Gasteiger partial charge in [0.05, 0.1) is 6.10 Å². The van der Waals surface area contributed by atoms with Gasteiger partial charge in [0.2, 0.25) is 0 Å². The largest absolute Gasteiger partial charge is 0.404 e. The van der Waals surface area contributed by atoms with Crippen LogP contribution in [0.1, 0.15) is 133 Å². The van der Waals surface area contributed by atoms with Crippen molar-refractivity contribution in [3.63, 3.8) is 0 Å². The van der Waals surface area contributed by atoms with Crippen LogP contribution in [0.3, 0.4) is 0 Å². The van der Waals surface area contributed by atoms with Gasteiger partial charge in [-0.3, -0.25) is 0 Å². The van der Waals surface area contributed by atoms with Crippen LogP contribution in [0, 0.1) is 29.6 Å². The Morgan fingerprint density at radius 2 is 1.38 bits per heavy atom. The fraction of sp³-hybridized carbons (Fsp3) is 0.667. The first-order chi connectivity index (χ1) is 21.3. The molecule has 0 aliphatic heterocycles. The Hall–Kier alpha value is -1.68. The van der Waals surface area contributed by atoms with Crippen molar-refractivity contribution in [3.8, 4) is 0 Å². The van der Waals surface area contributed by atoms with Gasteiger partial charge in [0.15, 0.2) is 0 Å². The summed E-state index contributed by atoms with van der Waals surface area (Å²) in [5.41, 5.74) is 1.52. The molecule has 252 valence electrons. The minimum absolute atomic E-state index is 0.00288. The van der Waals surface area contributed by atoms with Crippen molar-refractivity contribution in [1.82, 2.24) is 0 Å². The molecule has 2 fully saturated rings. The normalized spacial score (nSPS) is 23.9. The summed E-state index contributed by atoms with van der Waals surface area (Å²) < 4.78 is 7.42. The summed E-state index contributed by atoms with van der Waals surface area (Å²) in [4.78, 5) is 0. The van der Waals surface area contributed by atoms with Crippen LogP contribution in [0.4, 0.5) is 0 Å². The summed E-state index contributed by atoms with van der Waals surface area (Å²) in [6, 6.07) is 22.2. The van der Waals surface area contributed by atoms with Crippen molar-refractivity contribution in [1.29, 1.82) is 0 Å². The lowest BCUT2D eigenvalue weighted by atomic mass is 9.81. The van der Waals surface area contributed by atoms with Gasteiger partial charge in [-0.1, -0.05) is 160 Å². The second-order valence-corrected chi connectivity index (χ2v) is 20.5. The smallest absolute Gasteiger partial charge is 0.261 e. The van der Waals surface area contributed by atoms with Crippen LogP contribution < -0.4 is 10.4 Å². The van der Waals surface area contributed by atoms with Gasteiger partial charge in [-0.05, 0) is 90.4 Å². The first kappa shape index (κ1) is 37.8. The Bertz CT molecular complexity index is 1080. The van der Waals surface area contributed by atoms with E-state index in [0.29, 0.717) is 12.0 Å². The highest BCUT2D eigenvalue weighted by molar-refractivity contribution is 6.99. The lowest BCUT2D eigenvalue weighted by molar-refractivity contribution is 0.0952. The molecule has 2 aliphatic carbocycles. The van der Waals surface area contributed by atoms with E-state index in [1.807, 2.05) is 0 Å². The molecule has 0 bridgehead atoms. The molecular formula is C42H68O2Si. The van der Waals surface area contributed by atoms with Crippen LogP contribution in [0.5, 0.6) is 0 Å². The molecule has 3 heteroatoms.